The molecular formula is C19H20NO4P. The fraction of sp³-hybridized carbons (Fsp3) is 0.211. The summed E-state index contributed by atoms with van der Waals surface area (Å²) in [6, 6.07) is 14.9. The number of carbonyl (C=O) groups is 1. The largest absolute Gasteiger partial charge is 0.620 e. The lowest BCUT2D eigenvalue weighted by Crippen LogP contribution is -2.31. The van der Waals surface area contributed by atoms with Gasteiger partial charge in [-0.1, -0.05) is 42.0 Å². The number of hydrogen-bond donors (Lipinski definition) is 1. The van der Waals surface area contributed by atoms with E-state index in [4.69, 9.17) is 9.05 Å². The lowest BCUT2D eigenvalue weighted by molar-refractivity contribution is -0.205. The number of allylic oxidation sites excluding steroid dienone is 2. The summed E-state index contributed by atoms with van der Waals surface area (Å²) in [4.78, 5) is 26.0. The fourth-order valence-corrected chi connectivity index (χ4v) is 4.37. The van der Waals surface area contributed by atoms with Crippen molar-refractivity contribution < 1.29 is 18.7 Å². The quantitative estimate of drug-likeness (QED) is 0.671. The molecule has 0 aliphatic carbocycles. The highest BCUT2D eigenvalue weighted by atomic mass is 31.2. The van der Waals surface area contributed by atoms with E-state index < -0.39 is 7.94 Å². The Morgan fingerprint density at radius 2 is 1.96 bits per heavy atom. The van der Waals surface area contributed by atoms with Gasteiger partial charge in [0.15, 0.2) is 5.75 Å². The van der Waals surface area contributed by atoms with Gasteiger partial charge >= 0.3 is 7.94 Å². The molecule has 1 heterocycles. The first-order chi connectivity index (χ1) is 11.9. The van der Waals surface area contributed by atoms with Gasteiger partial charge in [-0.2, -0.15) is 4.52 Å². The third-order valence-corrected chi connectivity index (χ3v) is 6.09. The van der Waals surface area contributed by atoms with Crippen molar-refractivity contribution in [3.05, 3.63) is 76.2 Å². The molecule has 0 saturated carbocycles. The minimum absolute atomic E-state index is 0.0593. The topological polar surface area (TPSA) is 70.6 Å². The Morgan fingerprint density at radius 1 is 1.24 bits per heavy atom. The van der Waals surface area contributed by atoms with Crippen molar-refractivity contribution in [3.8, 4) is 5.75 Å². The van der Waals surface area contributed by atoms with Crippen molar-refractivity contribution in [2.45, 2.75) is 20.4 Å². The van der Waals surface area contributed by atoms with Crippen molar-refractivity contribution in [1.82, 2.24) is 5.32 Å². The summed E-state index contributed by atoms with van der Waals surface area (Å²) >= 11 is 0. The number of Topliss-reactive ketones (excluding diaryl/α,β-unsaturated/α-hetero) is 1. The first-order valence-electron chi connectivity index (χ1n) is 7.94. The van der Waals surface area contributed by atoms with Crippen LogP contribution in [0.15, 0.2) is 59.5 Å². The maximum absolute atomic E-state index is 13.1. The highest BCUT2D eigenvalue weighted by Crippen LogP contribution is 2.64. The van der Waals surface area contributed by atoms with Crippen LogP contribution in [0.4, 0.5) is 0 Å². The highest BCUT2D eigenvalue weighted by molar-refractivity contribution is 7.65. The Morgan fingerprint density at radius 3 is 2.64 bits per heavy atom. The van der Waals surface area contributed by atoms with Crippen molar-refractivity contribution >= 4 is 13.7 Å². The molecule has 0 radical (unpaired) electrons. The van der Waals surface area contributed by atoms with Crippen LogP contribution in [0, 0.1) is 6.92 Å². The summed E-state index contributed by atoms with van der Waals surface area (Å²) in [5.74, 6) is -0.0337. The Bertz CT molecular complexity index is 835. The van der Waals surface area contributed by atoms with E-state index in [0.29, 0.717) is 23.6 Å². The van der Waals surface area contributed by atoms with E-state index in [0.717, 1.165) is 11.1 Å². The molecule has 3 rings (SSSR count). The van der Waals surface area contributed by atoms with Gasteiger partial charge in [0.2, 0.25) is 11.1 Å². The molecule has 25 heavy (non-hydrogen) atoms. The SMILES string of the molecule is CO[P+]1([O-])Oc2ccc(C)cc2C(=O)/C1=C(\C)NCc1ccccc1. The zero-order chi connectivity index (χ0) is 18.0. The van der Waals surface area contributed by atoms with Gasteiger partial charge in [0.1, 0.15) is 0 Å². The van der Waals surface area contributed by atoms with Crippen molar-refractivity contribution in [2.24, 2.45) is 0 Å². The third-order valence-electron chi connectivity index (χ3n) is 4.08. The number of fused-ring (bicyclic) bond motifs is 1. The van der Waals surface area contributed by atoms with Crippen LogP contribution in [0.3, 0.4) is 0 Å². The van der Waals surface area contributed by atoms with E-state index in [-0.39, 0.29) is 11.1 Å². The molecule has 0 bridgehead atoms. The standard InChI is InChI=1S/C19H20NO4P/c1-13-9-10-17-16(11-13)18(21)19(25(22,23-3)24-17)14(2)20-12-15-7-5-4-6-8-15/h4-11,20H,12H2,1-3H3/b19-14-. The Hall–Kier alpha value is -2.20. The van der Waals surface area contributed by atoms with E-state index in [1.165, 1.54) is 7.11 Å². The Kier molecular flexibility index (Phi) is 4.91. The van der Waals surface area contributed by atoms with Crippen LogP contribution in [0.25, 0.3) is 0 Å². The summed E-state index contributed by atoms with van der Waals surface area (Å²) in [6.45, 7) is 4.11. The average Bonchev–Trinajstić information content (AvgIpc) is 2.62. The van der Waals surface area contributed by atoms with Gasteiger partial charge in [-0.25, -0.2) is 0 Å². The monoisotopic (exact) mass is 357 g/mol. The number of hydrogen-bond acceptors (Lipinski definition) is 5. The van der Waals surface area contributed by atoms with Crippen molar-refractivity contribution in [2.75, 3.05) is 7.11 Å². The van der Waals surface area contributed by atoms with Crippen LogP contribution in [0.2, 0.25) is 0 Å². The molecule has 0 aromatic heterocycles. The van der Waals surface area contributed by atoms with Gasteiger partial charge in [-0.3, -0.25) is 4.79 Å². The molecule has 130 valence electrons. The van der Waals surface area contributed by atoms with Crippen LogP contribution < -0.4 is 14.7 Å². The normalized spacial score (nSPS) is 21.4. The van der Waals surface area contributed by atoms with E-state index >= 15 is 0 Å². The van der Waals surface area contributed by atoms with Crippen LogP contribution in [0.5, 0.6) is 5.75 Å². The first-order valence-corrected chi connectivity index (χ1v) is 9.49. The molecule has 1 N–H and O–H groups in total. The molecule has 1 aliphatic heterocycles. The average molecular weight is 357 g/mol. The minimum Gasteiger partial charge on any atom is -0.620 e. The molecule has 2 aromatic carbocycles. The molecule has 0 fully saturated rings. The first kappa shape index (κ1) is 17.6. The molecule has 1 aliphatic rings. The Labute approximate surface area is 147 Å². The maximum Gasteiger partial charge on any atom is 0.323 e. The van der Waals surface area contributed by atoms with Gasteiger partial charge < -0.3 is 14.7 Å². The molecule has 2 aromatic rings. The lowest BCUT2D eigenvalue weighted by atomic mass is 10.1. The van der Waals surface area contributed by atoms with E-state index in [2.05, 4.69) is 5.32 Å². The zero-order valence-electron chi connectivity index (χ0n) is 14.4. The summed E-state index contributed by atoms with van der Waals surface area (Å²) < 4.78 is 10.7. The maximum atomic E-state index is 13.1. The summed E-state index contributed by atoms with van der Waals surface area (Å²) in [7, 11) is -2.43. The fourth-order valence-electron chi connectivity index (χ4n) is 2.75. The van der Waals surface area contributed by atoms with Crippen molar-refractivity contribution in [1.29, 1.82) is 0 Å². The van der Waals surface area contributed by atoms with E-state index in [1.54, 1.807) is 25.1 Å². The predicted octanol–water partition coefficient (Wildman–Crippen LogP) is 3.36. The molecular weight excluding hydrogens is 337 g/mol. The highest BCUT2D eigenvalue weighted by Gasteiger charge is 2.49. The second kappa shape index (κ2) is 6.96. The number of nitrogens with one attached hydrogen (secondary N) is 1. The minimum atomic E-state index is -3.72. The molecule has 0 spiro atoms. The second-order valence-electron chi connectivity index (χ2n) is 5.91. The van der Waals surface area contributed by atoms with Crippen molar-refractivity contribution in [3.63, 3.8) is 0 Å². The Balaban J connectivity index is 1.98. The van der Waals surface area contributed by atoms with Gasteiger partial charge in [-0.05, 0) is 31.5 Å². The number of aryl methyl sites for hydroxylation is 1. The summed E-state index contributed by atoms with van der Waals surface area (Å²) in [6.07, 6.45) is 0. The lowest BCUT2D eigenvalue weighted by Gasteiger charge is -2.32. The smallest absolute Gasteiger partial charge is 0.323 e. The van der Waals surface area contributed by atoms with Crippen LogP contribution in [-0.2, 0) is 11.1 Å². The predicted molar refractivity (Wildman–Crippen MR) is 96.0 cm³/mol. The number of ketones is 1. The van der Waals surface area contributed by atoms with E-state index in [9.17, 15) is 9.69 Å². The molecule has 0 amide bonds. The van der Waals surface area contributed by atoms with Gasteiger partial charge in [0.05, 0.1) is 18.4 Å². The molecule has 1 atom stereocenters. The zero-order valence-corrected chi connectivity index (χ0v) is 15.3. The van der Waals surface area contributed by atoms with Crippen LogP contribution >= 0.6 is 7.94 Å². The number of rotatable bonds is 4. The van der Waals surface area contributed by atoms with Gasteiger partial charge in [-0.15, -0.1) is 0 Å². The second-order valence-corrected chi connectivity index (χ2v) is 7.90. The number of carbonyl (C=O) groups excluding carboxylic acids is 1. The molecule has 0 saturated heterocycles. The molecule has 5 nitrogen and oxygen atoms in total. The van der Waals surface area contributed by atoms with E-state index in [1.807, 2.05) is 37.3 Å². The van der Waals surface area contributed by atoms with Crippen LogP contribution in [0.1, 0.15) is 28.4 Å². The summed E-state index contributed by atoms with van der Waals surface area (Å²) in [5, 5.41) is 3.22. The molecule has 1 unspecified atom stereocenters. The number of benzene rings is 2. The van der Waals surface area contributed by atoms with Gasteiger partial charge in [0.25, 0.3) is 0 Å². The molecule has 6 heteroatoms. The van der Waals surface area contributed by atoms with Crippen LogP contribution in [-0.4, -0.2) is 12.9 Å². The third kappa shape index (κ3) is 3.45. The summed E-state index contributed by atoms with van der Waals surface area (Å²) in [5.41, 5.74) is 2.87. The van der Waals surface area contributed by atoms with Gasteiger partial charge in [0, 0.05) is 6.54 Å².